The molecule has 0 N–H and O–H groups in total. The Balaban J connectivity index is 1.72. The Morgan fingerprint density at radius 2 is 1.81 bits per heavy atom. The van der Waals surface area contributed by atoms with Crippen LogP contribution in [-0.2, 0) is 14.3 Å². The number of carbonyl (C=O) groups is 2. The number of ether oxygens (including phenoxy) is 3. The van der Waals surface area contributed by atoms with Gasteiger partial charge in [0.25, 0.3) is 0 Å². The van der Waals surface area contributed by atoms with Gasteiger partial charge in [0.2, 0.25) is 0 Å². The third-order valence-electron chi connectivity index (χ3n) is 7.22. The minimum Gasteiger partial charge on any atom is -0.493 e. The maximum atomic E-state index is 13.8. The van der Waals surface area contributed by atoms with Crippen molar-refractivity contribution in [2.24, 2.45) is 10.9 Å². The molecule has 1 unspecified atom stereocenters. The van der Waals surface area contributed by atoms with Gasteiger partial charge in [-0.25, -0.2) is 0 Å². The molecule has 0 fully saturated rings. The summed E-state index contributed by atoms with van der Waals surface area (Å²) in [4.78, 5) is 32.1. The number of aryl methyl sites for hydroxylation is 1. The Morgan fingerprint density at radius 3 is 2.51 bits per heavy atom. The molecule has 0 saturated carbocycles. The second kappa shape index (κ2) is 12.0. The van der Waals surface area contributed by atoms with E-state index in [9.17, 15) is 9.59 Å². The molecule has 4 rings (SSSR count). The largest absolute Gasteiger partial charge is 0.493 e. The third kappa shape index (κ3) is 5.61. The summed E-state index contributed by atoms with van der Waals surface area (Å²) in [6.45, 7) is 6.34. The summed E-state index contributed by atoms with van der Waals surface area (Å²) in [5.74, 6) is 1.67. The zero-order valence-corrected chi connectivity index (χ0v) is 23.0. The number of esters is 1. The Kier molecular flexibility index (Phi) is 8.75. The Morgan fingerprint density at radius 1 is 1.05 bits per heavy atom. The van der Waals surface area contributed by atoms with E-state index in [1.54, 1.807) is 26.0 Å². The summed E-state index contributed by atoms with van der Waals surface area (Å²) in [5.41, 5.74) is 5.15. The van der Waals surface area contributed by atoms with Crippen LogP contribution in [0.4, 0.5) is 0 Å². The highest BCUT2D eigenvalue weighted by Crippen LogP contribution is 2.48. The SMILES string of the molecule is CCSCCOC(=O)C1C(C)=NC2=C(C(=O)C[C@H](c3ccc(OC)c(OC)c3)C2)[C@@H]1c1ccccc1C. The minimum absolute atomic E-state index is 0.0323. The Hall–Kier alpha value is -3.06. The molecule has 1 aliphatic carbocycles. The Bertz CT molecular complexity index is 1230. The average Bonchev–Trinajstić information content (AvgIpc) is 2.90. The second-order valence-corrected chi connectivity index (χ2v) is 10.8. The van der Waals surface area contributed by atoms with Crippen molar-refractivity contribution in [3.05, 3.63) is 70.4 Å². The van der Waals surface area contributed by atoms with E-state index in [1.807, 2.05) is 56.3 Å². The van der Waals surface area contributed by atoms with Gasteiger partial charge >= 0.3 is 5.97 Å². The molecule has 3 atom stereocenters. The summed E-state index contributed by atoms with van der Waals surface area (Å²) in [7, 11) is 3.21. The lowest BCUT2D eigenvalue weighted by atomic mass is 9.68. The van der Waals surface area contributed by atoms with Gasteiger partial charge in [-0.05, 0) is 60.8 Å². The minimum atomic E-state index is -0.618. The van der Waals surface area contributed by atoms with Gasteiger partial charge < -0.3 is 14.2 Å². The maximum absolute atomic E-state index is 13.8. The van der Waals surface area contributed by atoms with Crippen LogP contribution in [0.1, 0.15) is 55.2 Å². The van der Waals surface area contributed by atoms with Crippen molar-refractivity contribution in [3.8, 4) is 11.5 Å². The summed E-state index contributed by atoms with van der Waals surface area (Å²) in [6, 6.07) is 13.8. The molecule has 2 aliphatic rings. The van der Waals surface area contributed by atoms with Crippen LogP contribution in [0.25, 0.3) is 0 Å². The smallest absolute Gasteiger partial charge is 0.315 e. The van der Waals surface area contributed by atoms with Crippen LogP contribution in [-0.4, -0.2) is 49.8 Å². The molecule has 6 nitrogen and oxygen atoms in total. The number of ketones is 1. The second-order valence-electron chi connectivity index (χ2n) is 9.43. The van der Waals surface area contributed by atoms with Crippen LogP contribution in [0, 0.1) is 12.8 Å². The highest BCUT2D eigenvalue weighted by atomic mass is 32.2. The molecule has 7 heteroatoms. The molecular weight excluding hydrogens is 486 g/mol. The molecule has 0 aromatic heterocycles. The first-order valence-corrected chi connectivity index (χ1v) is 13.9. The topological polar surface area (TPSA) is 74.2 Å². The van der Waals surface area contributed by atoms with Crippen molar-refractivity contribution >= 4 is 29.2 Å². The number of hydrogen-bond acceptors (Lipinski definition) is 7. The lowest BCUT2D eigenvalue weighted by molar-refractivity contribution is -0.145. The lowest BCUT2D eigenvalue weighted by Crippen LogP contribution is -2.38. The molecular formula is C30H35NO5S. The van der Waals surface area contributed by atoms with E-state index in [1.165, 1.54) is 0 Å². The van der Waals surface area contributed by atoms with Gasteiger partial charge in [0.1, 0.15) is 12.5 Å². The number of allylic oxidation sites excluding steroid dienone is 2. The van der Waals surface area contributed by atoms with Crippen molar-refractivity contribution in [2.45, 2.75) is 45.4 Å². The number of aliphatic imine (C=N–C) groups is 1. The first-order chi connectivity index (χ1) is 17.9. The van der Waals surface area contributed by atoms with Gasteiger partial charge in [0, 0.05) is 35.1 Å². The summed E-state index contributed by atoms with van der Waals surface area (Å²) in [5, 5.41) is 0. The molecule has 1 heterocycles. The van der Waals surface area contributed by atoms with E-state index in [0.29, 0.717) is 42.2 Å². The molecule has 37 heavy (non-hydrogen) atoms. The summed E-state index contributed by atoms with van der Waals surface area (Å²) >= 11 is 1.73. The number of nitrogens with zero attached hydrogens (tertiary/aromatic N) is 1. The van der Waals surface area contributed by atoms with Crippen LogP contribution in [0.2, 0.25) is 0 Å². The molecule has 1 aliphatic heterocycles. The van der Waals surface area contributed by atoms with E-state index >= 15 is 0 Å². The summed E-state index contributed by atoms with van der Waals surface area (Å²) < 4.78 is 16.6. The van der Waals surface area contributed by atoms with Crippen molar-refractivity contribution in [1.82, 2.24) is 0 Å². The maximum Gasteiger partial charge on any atom is 0.315 e. The molecule has 2 aromatic carbocycles. The fraction of sp³-hybridized carbons (Fsp3) is 0.433. The number of hydrogen-bond donors (Lipinski definition) is 0. The van der Waals surface area contributed by atoms with Crippen molar-refractivity contribution in [2.75, 3.05) is 32.3 Å². The normalized spacial score (nSPS) is 21.3. The van der Waals surface area contributed by atoms with E-state index in [0.717, 1.165) is 33.9 Å². The molecule has 0 saturated heterocycles. The number of methoxy groups -OCH3 is 2. The third-order valence-corrected chi connectivity index (χ3v) is 8.08. The molecule has 0 amide bonds. The monoisotopic (exact) mass is 521 g/mol. The molecule has 0 bridgehead atoms. The van der Waals surface area contributed by atoms with Crippen LogP contribution in [0.15, 0.2) is 58.7 Å². The van der Waals surface area contributed by atoms with Gasteiger partial charge in [-0.2, -0.15) is 11.8 Å². The first-order valence-electron chi connectivity index (χ1n) is 12.7. The van der Waals surface area contributed by atoms with Gasteiger partial charge in [-0.15, -0.1) is 0 Å². The lowest BCUT2D eigenvalue weighted by Gasteiger charge is -2.37. The van der Waals surface area contributed by atoms with Gasteiger partial charge in [-0.3, -0.25) is 14.6 Å². The highest BCUT2D eigenvalue weighted by Gasteiger charge is 2.45. The fourth-order valence-corrected chi connectivity index (χ4v) is 5.90. The van der Waals surface area contributed by atoms with Crippen LogP contribution in [0.3, 0.4) is 0 Å². The fourth-order valence-electron chi connectivity index (χ4n) is 5.41. The van der Waals surface area contributed by atoms with E-state index < -0.39 is 11.8 Å². The predicted molar refractivity (Wildman–Crippen MR) is 148 cm³/mol. The van der Waals surface area contributed by atoms with Gasteiger partial charge in [0.15, 0.2) is 17.3 Å². The highest BCUT2D eigenvalue weighted by molar-refractivity contribution is 7.99. The van der Waals surface area contributed by atoms with E-state index in [2.05, 4.69) is 6.92 Å². The van der Waals surface area contributed by atoms with Crippen molar-refractivity contribution < 1.29 is 23.8 Å². The zero-order chi connectivity index (χ0) is 26.5. The standard InChI is InChI=1S/C30H35NO5S/c1-6-37-14-13-36-30(33)27-19(3)31-23-15-21(20-11-12-25(34-4)26(17-20)35-5)16-24(32)29(23)28(27)22-10-8-7-9-18(22)2/h7-12,17,21,27-28H,6,13-16H2,1-5H3/t21-,27?,28-/m1/s1. The van der Waals surface area contributed by atoms with E-state index in [4.69, 9.17) is 19.2 Å². The molecule has 0 radical (unpaired) electrons. The number of benzene rings is 2. The molecule has 0 spiro atoms. The number of carbonyl (C=O) groups excluding carboxylic acids is 2. The number of Topliss-reactive ketones (excluding diaryl/α,β-unsaturated/α-hetero) is 1. The van der Waals surface area contributed by atoms with Crippen LogP contribution in [0.5, 0.6) is 11.5 Å². The van der Waals surface area contributed by atoms with Crippen molar-refractivity contribution in [3.63, 3.8) is 0 Å². The van der Waals surface area contributed by atoms with Crippen LogP contribution < -0.4 is 9.47 Å². The first kappa shape index (κ1) is 27.0. The average molecular weight is 522 g/mol. The van der Waals surface area contributed by atoms with Gasteiger partial charge in [0.05, 0.1) is 14.2 Å². The quantitative estimate of drug-likeness (QED) is 0.303. The number of rotatable bonds is 9. The molecule has 196 valence electrons. The van der Waals surface area contributed by atoms with Crippen molar-refractivity contribution in [1.29, 1.82) is 0 Å². The van der Waals surface area contributed by atoms with Gasteiger partial charge in [-0.1, -0.05) is 37.3 Å². The molecule has 2 aromatic rings. The summed E-state index contributed by atoms with van der Waals surface area (Å²) in [6.07, 6.45) is 0.964. The van der Waals surface area contributed by atoms with E-state index in [-0.39, 0.29) is 17.7 Å². The van der Waals surface area contributed by atoms with Crippen LogP contribution >= 0.6 is 11.8 Å². The number of thioether (sulfide) groups is 1. The predicted octanol–water partition coefficient (Wildman–Crippen LogP) is 5.88. The Labute approximate surface area is 223 Å². The zero-order valence-electron chi connectivity index (χ0n) is 22.2.